The first-order valence-electron chi connectivity index (χ1n) is 16.8. The van der Waals surface area contributed by atoms with Crippen LogP contribution in [0.15, 0.2) is 30.5 Å². The predicted octanol–water partition coefficient (Wildman–Crippen LogP) is 4.18. The molecule has 47 heavy (non-hydrogen) atoms. The highest BCUT2D eigenvalue weighted by Crippen LogP contribution is 2.40. The number of fused-ring (bicyclic) bond motifs is 1. The Labute approximate surface area is 279 Å². The molecule has 4 rings (SSSR count). The van der Waals surface area contributed by atoms with Crippen LogP contribution in [0.3, 0.4) is 0 Å². The highest BCUT2D eigenvalue weighted by molar-refractivity contribution is 6.15. The number of unbranched alkanes of at least 4 members (excludes halogenated alkanes) is 1. The second-order valence-corrected chi connectivity index (χ2v) is 13.5. The first kappa shape index (κ1) is 36.4. The summed E-state index contributed by atoms with van der Waals surface area (Å²) in [4.78, 5) is 42.1. The minimum atomic E-state index is -1.15. The number of ether oxygens (including phenoxy) is 3. The third-order valence-electron chi connectivity index (χ3n) is 10.2. The Morgan fingerprint density at radius 2 is 1.87 bits per heavy atom. The summed E-state index contributed by atoms with van der Waals surface area (Å²) in [5.41, 5.74) is 6.29. The molecule has 0 saturated carbocycles. The normalized spacial score (nSPS) is 32.7. The first-order valence-corrected chi connectivity index (χ1v) is 16.8. The number of rotatable bonds is 8. The summed E-state index contributed by atoms with van der Waals surface area (Å²) in [6.07, 6.45) is 3.80. The van der Waals surface area contributed by atoms with Crippen molar-refractivity contribution < 1.29 is 28.6 Å². The molecule has 2 aromatic rings. The molecule has 1 amide bonds. The van der Waals surface area contributed by atoms with Crippen molar-refractivity contribution in [2.75, 3.05) is 25.9 Å². The number of anilines is 1. The van der Waals surface area contributed by atoms with Crippen LogP contribution in [0.5, 0.6) is 0 Å². The number of cyclic esters (lactones) is 1. The Bertz CT molecular complexity index is 1410. The van der Waals surface area contributed by atoms with Crippen LogP contribution in [-0.2, 0) is 30.3 Å². The topological polar surface area (TPSA) is 151 Å². The van der Waals surface area contributed by atoms with Crippen molar-refractivity contribution in [1.82, 2.24) is 25.2 Å². The molecule has 2 aliphatic heterocycles. The van der Waals surface area contributed by atoms with E-state index in [1.165, 1.54) is 0 Å². The van der Waals surface area contributed by atoms with Gasteiger partial charge in [0.2, 0.25) is 0 Å². The number of carbonyl (C=O) groups excluding carboxylic acids is 3. The van der Waals surface area contributed by atoms with Gasteiger partial charge in [-0.3, -0.25) is 19.2 Å². The van der Waals surface area contributed by atoms with Crippen LogP contribution >= 0.6 is 0 Å². The summed E-state index contributed by atoms with van der Waals surface area (Å²) >= 11 is 0. The van der Waals surface area contributed by atoms with E-state index in [2.05, 4.69) is 15.6 Å². The molecule has 12 nitrogen and oxygen atoms in total. The maximum Gasteiger partial charge on any atom is 0.410 e. The van der Waals surface area contributed by atoms with E-state index in [0.29, 0.717) is 44.6 Å². The van der Waals surface area contributed by atoms with Gasteiger partial charge in [0.05, 0.1) is 25.7 Å². The first-order chi connectivity index (χ1) is 22.3. The third-order valence-corrected chi connectivity index (χ3v) is 10.2. The van der Waals surface area contributed by atoms with E-state index in [0.717, 1.165) is 24.1 Å². The van der Waals surface area contributed by atoms with Crippen LogP contribution in [0.1, 0.15) is 73.6 Å². The van der Waals surface area contributed by atoms with Crippen LogP contribution in [0, 0.1) is 11.8 Å². The van der Waals surface area contributed by atoms with Crippen molar-refractivity contribution >= 4 is 31.4 Å². The fourth-order valence-electron chi connectivity index (χ4n) is 7.13. The van der Waals surface area contributed by atoms with E-state index in [1.807, 2.05) is 58.2 Å². The Morgan fingerprint density at radius 3 is 2.55 bits per heavy atom. The van der Waals surface area contributed by atoms with Gasteiger partial charge in [0, 0.05) is 43.4 Å². The largest absolute Gasteiger partial charge is 0.458 e. The number of hydrogen-bond acceptors (Lipinski definition) is 10. The van der Waals surface area contributed by atoms with Gasteiger partial charge in [0.1, 0.15) is 23.5 Å². The van der Waals surface area contributed by atoms with Crippen molar-refractivity contribution in [2.24, 2.45) is 11.8 Å². The third kappa shape index (κ3) is 7.83. The van der Waals surface area contributed by atoms with Crippen LogP contribution in [0.25, 0.3) is 11.3 Å². The standard InChI is InChI=1S/C34H51BN6O6/c1-8-27-34(6)30(23(4)37-16-12-15-33(5,45-7)29(35)21(2)28(42)22(3)31(43)46-27)41(32(44)47-34)18-10-9-17-40-20-26(38-39-40)24-13-11-14-25(36)19-24/h11,13-14,19-23,27,29-30,37H,8-10,12,15-18,36H2,1-7H3/t21-,22+,23-,27+,29+,30+,33+,34+/m0/s1. The Balaban J connectivity index is 1.51. The van der Waals surface area contributed by atoms with Crippen LogP contribution in [0.4, 0.5) is 10.5 Å². The van der Waals surface area contributed by atoms with Crippen molar-refractivity contribution in [3.63, 3.8) is 0 Å². The molecule has 2 radical (unpaired) electrons. The second kappa shape index (κ2) is 15.2. The van der Waals surface area contributed by atoms with E-state index < -0.39 is 53.1 Å². The number of methoxy groups -OCH3 is 1. The smallest absolute Gasteiger partial charge is 0.410 e. The number of carbonyl (C=O) groups is 3. The molecule has 0 spiro atoms. The number of Topliss-reactive ketones (excluding diaryl/α,β-unsaturated/α-hetero) is 1. The van der Waals surface area contributed by atoms with E-state index in [-0.39, 0.29) is 11.8 Å². The summed E-state index contributed by atoms with van der Waals surface area (Å²) in [7, 11) is 8.18. The fourth-order valence-corrected chi connectivity index (χ4v) is 7.13. The predicted molar refractivity (Wildman–Crippen MR) is 180 cm³/mol. The number of aryl methyl sites for hydroxylation is 1. The van der Waals surface area contributed by atoms with E-state index in [4.69, 9.17) is 27.8 Å². The molecule has 1 aromatic carbocycles. The summed E-state index contributed by atoms with van der Waals surface area (Å²) in [6, 6.07) is 6.85. The number of esters is 1. The van der Waals surface area contributed by atoms with E-state index in [9.17, 15) is 14.4 Å². The van der Waals surface area contributed by atoms with Gasteiger partial charge in [0.15, 0.2) is 5.60 Å². The molecule has 2 saturated heterocycles. The van der Waals surface area contributed by atoms with Crippen LogP contribution < -0.4 is 11.1 Å². The average Bonchev–Trinajstić information content (AvgIpc) is 3.63. The van der Waals surface area contributed by atoms with Gasteiger partial charge in [-0.1, -0.05) is 31.2 Å². The molecule has 0 bridgehead atoms. The lowest BCUT2D eigenvalue weighted by atomic mass is 9.63. The zero-order valence-corrected chi connectivity index (χ0v) is 28.9. The van der Waals surface area contributed by atoms with E-state index in [1.54, 1.807) is 30.5 Å². The summed E-state index contributed by atoms with van der Waals surface area (Å²) in [6.45, 7) is 12.6. The number of hydrogen-bond donors (Lipinski definition) is 2. The maximum atomic E-state index is 13.5. The number of nitrogens with one attached hydrogen (secondary N) is 1. The monoisotopic (exact) mass is 650 g/mol. The van der Waals surface area contributed by atoms with Crippen molar-refractivity contribution in [1.29, 1.82) is 0 Å². The average molecular weight is 651 g/mol. The van der Waals surface area contributed by atoms with Crippen molar-refractivity contribution in [3.8, 4) is 11.3 Å². The highest BCUT2D eigenvalue weighted by Gasteiger charge is 2.58. The molecular formula is C34H51BN6O6. The van der Waals surface area contributed by atoms with Gasteiger partial charge >= 0.3 is 12.1 Å². The molecule has 3 heterocycles. The quantitative estimate of drug-likeness (QED) is 0.140. The molecule has 0 aliphatic carbocycles. The minimum Gasteiger partial charge on any atom is -0.458 e. The van der Waals surface area contributed by atoms with Crippen LogP contribution in [-0.4, -0.2) is 95.2 Å². The molecule has 256 valence electrons. The Kier molecular flexibility index (Phi) is 11.8. The Hall–Kier alpha value is -3.45. The number of benzene rings is 1. The van der Waals surface area contributed by atoms with Gasteiger partial charge in [0.25, 0.3) is 0 Å². The van der Waals surface area contributed by atoms with Crippen molar-refractivity contribution in [3.05, 3.63) is 30.5 Å². The second-order valence-electron chi connectivity index (χ2n) is 13.5. The van der Waals surface area contributed by atoms with Gasteiger partial charge in [-0.25, -0.2) is 4.79 Å². The zero-order chi connectivity index (χ0) is 34.5. The molecule has 3 N–H and O–H groups in total. The van der Waals surface area contributed by atoms with Gasteiger partial charge in [-0.05, 0) is 84.3 Å². The number of amides is 1. The molecule has 1 aromatic heterocycles. The number of nitrogens with two attached hydrogens (primary N) is 1. The summed E-state index contributed by atoms with van der Waals surface area (Å²) in [5.74, 6) is -3.26. The molecule has 2 fully saturated rings. The van der Waals surface area contributed by atoms with Gasteiger partial charge < -0.3 is 25.3 Å². The van der Waals surface area contributed by atoms with E-state index >= 15 is 0 Å². The molecule has 13 heteroatoms. The molecule has 0 unspecified atom stereocenters. The number of nitrogens with zero attached hydrogens (tertiary/aromatic N) is 4. The highest BCUT2D eigenvalue weighted by atomic mass is 16.6. The summed E-state index contributed by atoms with van der Waals surface area (Å²) < 4.78 is 19.8. The van der Waals surface area contributed by atoms with Crippen LogP contribution in [0.2, 0.25) is 5.82 Å². The van der Waals surface area contributed by atoms with Gasteiger partial charge in [-0.2, -0.15) is 0 Å². The lowest BCUT2D eigenvalue weighted by Crippen LogP contribution is -2.60. The lowest BCUT2D eigenvalue weighted by Gasteiger charge is -2.40. The zero-order valence-electron chi connectivity index (χ0n) is 28.9. The molecular weight excluding hydrogens is 599 g/mol. The molecule has 2 aliphatic rings. The Morgan fingerprint density at radius 1 is 1.15 bits per heavy atom. The number of ketones is 1. The number of nitrogen functional groups attached to an aromatic ring is 1. The molecule has 8 atom stereocenters. The van der Waals surface area contributed by atoms with Gasteiger partial charge in [-0.15, -0.1) is 5.10 Å². The minimum absolute atomic E-state index is 0.207. The van der Waals surface area contributed by atoms with Crippen molar-refractivity contribution in [2.45, 2.75) is 115 Å². The fraction of sp³-hybridized carbons (Fsp3) is 0.676. The maximum absolute atomic E-state index is 13.5. The lowest BCUT2D eigenvalue weighted by molar-refractivity contribution is -0.170. The SMILES string of the molecule is [B][C@@H]1[C@@H](C)C(=O)[C@@H](C)C(=O)O[C@H](CC)[C@@]2(C)OC(=O)N(CCCCn3cc(-c4cccc(N)c4)nn3)[C@@H]2[C@H](C)NCCC[C@@]1(C)OC. The number of aromatic nitrogens is 3. The summed E-state index contributed by atoms with van der Waals surface area (Å²) in [5, 5.41) is 12.1.